The number of likely N-dealkylation sites (tertiary alicyclic amines) is 1. The van der Waals surface area contributed by atoms with Crippen LogP contribution < -0.4 is 4.74 Å². The monoisotopic (exact) mass is 481 g/mol. The Morgan fingerprint density at radius 3 is 2.41 bits per heavy atom. The molecule has 0 unspecified atom stereocenters. The number of phenolic OH excluding ortho intramolecular Hbond substituents is 1. The number of ether oxygens (including phenoxy) is 1. The van der Waals surface area contributed by atoms with Gasteiger partial charge in [0.25, 0.3) is 5.91 Å². The third-order valence-electron chi connectivity index (χ3n) is 6.30. The summed E-state index contributed by atoms with van der Waals surface area (Å²) in [7, 11) is 0. The number of carbonyl (C=O) groups excluding carboxylic acids is 1. The summed E-state index contributed by atoms with van der Waals surface area (Å²) in [5.41, 5.74) is 4.64. The Bertz CT molecular complexity index is 1130. The lowest BCUT2D eigenvalue weighted by Gasteiger charge is -2.26. The van der Waals surface area contributed by atoms with Crippen LogP contribution in [0.1, 0.15) is 47.1 Å². The van der Waals surface area contributed by atoms with E-state index in [-0.39, 0.29) is 24.1 Å². The topological polar surface area (TPSA) is 49.8 Å². The van der Waals surface area contributed by atoms with Gasteiger partial charge in [-0.25, -0.2) is 4.39 Å². The maximum absolute atomic E-state index is 13.2. The fourth-order valence-electron chi connectivity index (χ4n) is 4.35. The number of nitrogens with zero attached hydrogens (tertiary/aromatic N) is 1. The Labute approximate surface area is 204 Å². The maximum Gasteiger partial charge on any atom is 0.260 e. The highest BCUT2D eigenvalue weighted by atomic mass is 35.5. The highest BCUT2D eigenvalue weighted by Gasteiger charge is 2.17. The number of piperidine rings is 1. The number of rotatable bonds is 7. The van der Waals surface area contributed by atoms with Gasteiger partial charge in [0, 0.05) is 24.5 Å². The van der Waals surface area contributed by atoms with Gasteiger partial charge in [-0.1, -0.05) is 35.9 Å². The molecule has 1 fully saturated rings. The fourth-order valence-corrected chi connectivity index (χ4v) is 4.67. The average Bonchev–Trinajstić information content (AvgIpc) is 2.83. The molecule has 3 aromatic rings. The predicted molar refractivity (Wildman–Crippen MR) is 132 cm³/mol. The first-order valence-electron chi connectivity index (χ1n) is 11.6. The lowest BCUT2D eigenvalue weighted by Crippen LogP contribution is -2.38. The number of hydrogen-bond acceptors (Lipinski definition) is 3. The zero-order chi connectivity index (χ0) is 24.1. The quantitative estimate of drug-likeness (QED) is 0.446. The molecule has 1 amide bonds. The van der Waals surface area contributed by atoms with Crippen molar-refractivity contribution in [2.45, 2.75) is 39.0 Å². The average molecular weight is 482 g/mol. The van der Waals surface area contributed by atoms with Crippen LogP contribution in [0.3, 0.4) is 0 Å². The van der Waals surface area contributed by atoms with Crippen LogP contribution in [0.25, 0.3) is 0 Å². The first kappa shape index (κ1) is 24.1. The number of halogens is 2. The van der Waals surface area contributed by atoms with E-state index in [1.165, 1.54) is 18.6 Å². The molecule has 0 aliphatic carbocycles. The minimum atomic E-state index is -0.282. The molecule has 3 aromatic carbocycles. The van der Waals surface area contributed by atoms with Gasteiger partial charge in [0.1, 0.15) is 17.3 Å². The molecule has 1 aliphatic rings. The van der Waals surface area contributed by atoms with E-state index in [0.29, 0.717) is 23.6 Å². The number of phenols is 1. The molecule has 6 heteroatoms. The molecule has 0 saturated carbocycles. The van der Waals surface area contributed by atoms with Crippen LogP contribution in [0.2, 0.25) is 5.02 Å². The van der Waals surface area contributed by atoms with Crippen molar-refractivity contribution in [2.24, 2.45) is 0 Å². The summed E-state index contributed by atoms with van der Waals surface area (Å²) in [5.74, 6) is 0.516. The van der Waals surface area contributed by atoms with Crippen LogP contribution in [-0.2, 0) is 17.6 Å². The molecule has 0 atom stereocenters. The molecular weight excluding hydrogens is 453 g/mol. The van der Waals surface area contributed by atoms with E-state index < -0.39 is 0 Å². The normalized spacial score (nSPS) is 13.7. The molecule has 4 nitrogen and oxygen atoms in total. The van der Waals surface area contributed by atoms with Gasteiger partial charge in [0.2, 0.25) is 0 Å². The summed E-state index contributed by atoms with van der Waals surface area (Å²) in [6.45, 7) is 3.59. The third-order valence-corrected chi connectivity index (χ3v) is 6.63. The second-order valence-corrected chi connectivity index (χ2v) is 9.28. The summed E-state index contributed by atoms with van der Waals surface area (Å²) in [4.78, 5) is 14.2. The van der Waals surface area contributed by atoms with Crippen molar-refractivity contribution in [3.8, 4) is 11.5 Å². The number of hydrogen-bond donors (Lipinski definition) is 1. The molecule has 0 spiro atoms. The van der Waals surface area contributed by atoms with Gasteiger partial charge >= 0.3 is 0 Å². The first-order valence-corrected chi connectivity index (χ1v) is 12.0. The summed E-state index contributed by atoms with van der Waals surface area (Å²) in [5, 5.41) is 10.9. The van der Waals surface area contributed by atoms with E-state index in [4.69, 9.17) is 16.3 Å². The predicted octanol–water partition coefficient (Wildman–Crippen LogP) is 6.07. The fraction of sp³-hybridized carbons (Fsp3) is 0.321. The minimum Gasteiger partial charge on any atom is -0.508 e. The van der Waals surface area contributed by atoms with Crippen LogP contribution in [0.15, 0.2) is 54.6 Å². The van der Waals surface area contributed by atoms with E-state index >= 15 is 0 Å². The Hall–Kier alpha value is -3.05. The van der Waals surface area contributed by atoms with Gasteiger partial charge in [0.15, 0.2) is 6.61 Å². The number of benzene rings is 3. The van der Waals surface area contributed by atoms with Gasteiger partial charge in [-0.2, -0.15) is 0 Å². The van der Waals surface area contributed by atoms with Crippen LogP contribution in [0.4, 0.5) is 4.39 Å². The highest BCUT2D eigenvalue weighted by molar-refractivity contribution is 6.31. The molecule has 1 saturated heterocycles. The van der Waals surface area contributed by atoms with Crippen molar-refractivity contribution in [2.75, 3.05) is 19.7 Å². The molecular formula is C28H29ClFNO3. The Morgan fingerprint density at radius 2 is 1.71 bits per heavy atom. The van der Waals surface area contributed by atoms with E-state index in [1.54, 1.807) is 24.3 Å². The van der Waals surface area contributed by atoms with Crippen LogP contribution in [0.5, 0.6) is 11.5 Å². The molecule has 178 valence electrons. The van der Waals surface area contributed by atoms with E-state index in [2.05, 4.69) is 0 Å². The van der Waals surface area contributed by atoms with Gasteiger partial charge < -0.3 is 14.7 Å². The number of amides is 1. The second-order valence-electron chi connectivity index (χ2n) is 8.87. The largest absolute Gasteiger partial charge is 0.508 e. The Kier molecular flexibility index (Phi) is 7.73. The number of aryl methyl sites for hydroxylation is 1. The molecule has 1 aliphatic heterocycles. The van der Waals surface area contributed by atoms with E-state index in [1.807, 2.05) is 30.0 Å². The van der Waals surface area contributed by atoms with Crippen LogP contribution >= 0.6 is 11.6 Å². The lowest BCUT2D eigenvalue weighted by molar-refractivity contribution is -0.134. The number of carbonyl (C=O) groups is 1. The maximum atomic E-state index is 13.2. The molecule has 0 bridgehead atoms. The zero-order valence-electron chi connectivity index (χ0n) is 19.3. The van der Waals surface area contributed by atoms with Gasteiger partial charge in [-0.3, -0.25) is 4.79 Å². The molecule has 1 heterocycles. The molecule has 1 N–H and O–H groups in total. The second kappa shape index (κ2) is 10.9. The van der Waals surface area contributed by atoms with Crippen LogP contribution in [-0.4, -0.2) is 35.6 Å². The minimum absolute atomic E-state index is 0.00956. The SMILES string of the molecule is Cc1cc(OCC(=O)N2CCCCC2)cc(Cl)c1Cc1ccc(O)c(Cc2ccc(F)cc2)c1. The Morgan fingerprint density at radius 1 is 1.00 bits per heavy atom. The van der Waals surface area contributed by atoms with Crippen molar-refractivity contribution in [3.05, 3.63) is 93.3 Å². The summed E-state index contributed by atoms with van der Waals surface area (Å²) in [6.07, 6.45) is 4.37. The lowest BCUT2D eigenvalue weighted by atomic mass is 9.96. The van der Waals surface area contributed by atoms with Crippen molar-refractivity contribution in [1.82, 2.24) is 4.90 Å². The summed E-state index contributed by atoms with van der Waals surface area (Å²) >= 11 is 6.60. The smallest absolute Gasteiger partial charge is 0.260 e. The van der Waals surface area contributed by atoms with E-state index in [9.17, 15) is 14.3 Å². The molecule has 4 rings (SSSR count). The van der Waals surface area contributed by atoms with Gasteiger partial charge in [0.05, 0.1) is 0 Å². The zero-order valence-corrected chi connectivity index (χ0v) is 20.1. The Balaban J connectivity index is 1.44. The number of aromatic hydroxyl groups is 1. The molecule has 34 heavy (non-hydrogen) atoms. The third kappa shape index (κ3) is 6.09. The standard InChI is InChI=1S/C28H29ClFNO3/c1-19-13-24(34-18-28(33)31-11-3-2-4-12-31)17-26(29)25(19)16-21-7-10-27(32)22(15-21)14-20-5-8-23(30)9-6-20/h5-10,13,15,17,32H,2-4,11-12,14,16,18H2,1H3. The van der Waals surface area contributed by atoms with Gasteiger partial charge in [-0.15, -0.1) is 0 Å². The van der Waals surface area contributed by atoms with Crippen molar-refractivity contribution >= 4 is 17.5 Å². The highest BCUT2D eigenvalue weighted by Crippen LogP contribution is 2.30. The molecule has 0 radical (unpaired) electrons. The van der Waals surface area contributed by atoms with Crippen LogP contribution in [0, 0.1) is 12.7 Å². The summed E-state index contributed by atoms with van der Waals surface area (Å²) < 4.78 is 19.0. The summed E-state index contributed by atoms with van der Waals surface area (Å²) in [6, 6.07) is 15.5. The van der Waals surface area contributed by atoms with Crippen molar-refractivity contribution in [3.63, 3.8) is 0 Å². The van der Waals surface area contributed by atoms with Crippen molar-refractivity contribution < 1.29 is 19.0 Å². The van der Waals surface area contributed by atoms with E-state index in [0.717, 1.165) is 53.7 Å². The molecule has 0 aromatic heterocycles. The first-order chi connectivity index (χ1) is 16.4. The van der Waals surface area contributed by atoms with Crippen molar-refractivity contribution in [1.29, 1.82) is 0 Å². The van der Waals surface area contributed by atoms with Gasteiger partial charge in [-0.05, 0) is 90.8 Å².